The predicted octanol–water partition coefficient (Wildman–Crippen LogP) is 0.587. The van der Waals surface area contributed by atoms with Gasteiger partial charge in [0.2, 0.25) is 5.91 Å². The molecule has 2 atom stereocenters. The van der Waals surface area contributed by atoms with E-state index >= 15 is 0 Å². The van der Waals surface area contributed by atoms with Crippen LogP contribution in [0, 0.1) is 17.8 Å². The number of aliphatic carboxylic acids is 2. The summed E-state index contributed by atoms with van der Waals surface area (Å²) in [6, 6.07) is 0. The van der Waals surface area contributed by atoms with Crippen molar-refractivity contribution in [3.8, 4) is 0 Å². The second-order valence-electron chi connectivity index (χ2n) is 5.10. The molecular formula is C13H17NO5. The highest BCUT2D eigenvalue weighted by Gasteiger charge is 2.41. The number of nitrogens with zero attached hydrogens (tertiary/aromatic N) is 1. The fourth-order valence-corrected chi connectivity index (χ4v) is 2.78. The molecule has 1 saturated heterocycles. The molecule has 1 amide bonds. The van der Waals surface area contributed by atoms with E-state index in [1.54, 1.807) is 0 Å². The van der Waals surface area contributed by atoms with Gasteiger partial charge in [-0.05, 0) is 19.3 Å². The van der Waals surface area contributed by atoms with E-state index < -0.39 is 23.8 Å². The van der Waals surface area contributed by atoms with Gasteiger partial charge >= 0.3 is 11.9 Å². The fraction of sp³-hybridized carbons (Fsp3) is 0.615. The molecular weight excluding hydrogens is 250 g/mol. The summed E-state index contributed by atoms with van der Waals surface area (Å²) >= 11 is 0. The minimum Gasteiger partial charge on any atom is -0.481 e. The van der Waals surface area contributed by atoms with Crippen molar-refractivity contribution in [1.82, 2.24) is 4.90 Å². The number of carboxylic acids is 2. The number of likely N-dealkylation sites (tertiary alicyclic amines) is 1. The van der Waals surface area contributed by atoms with Gasteiger partial charge in [0.05, 0.1) is 11.8 Å². The van der Waals surface area contributed by atoms with Crippen molar-refractivity contribution in [1.29, 1.82) is 0 Å². The first kappa shape index (κ1) is 13.6. The topological polar surface area (TPSA) is 94.9 Å². The van der Waals surface area contributed by atoms with Crippen molar-refractivity contribution in [2.45, 2.75) is 19.3 Å². The zero-order chi connectivity index (χ0) is 14.0. The van der Waals surface area contributed by atoms with Crippen molar-refractivity contribution in [2.75, 3.05) is 13.1 Å². The summed E-state index contributed by atoms with van der Waals surface area (Å²) in [5, 5.41) is 18.1. The molecule has 2 aliphatic rings. The molecule has 1 fully saturated rings. The lowest BCUT2D eigenvalue weighted by atomic mass is 9.85. The maximum Gasteiger partial charge on any atom is 0.309 e. The molecule has 0 bridgehead atoms. The minimum atomic E-state index is -1.14. The van der Waals surface area contributed by atoms with Gasteiger partial charge in [-0.3, -0.25) is 14.4 Å². The Balaban J connectivity index is 2.04. The third kappa shape index (κ3) is 2.77. The molecule has 1 aliphatic heterocycles. The predicted molar refractivity (Wildman–Crippen MR) is 65.3 cm³/mol. The maximum atomic E-state index is 12.2. The first-order valence-electron chi connectivity index (χ1n) is 6.40. The van der Waals surface area contributed by atoms with E-state index in [1.807, 2.05) is 12.2 Å². The Kier molecular flexibility index (Phi) is 3.87. The van der Waals surface area contributed by atoms with Gasteiger partial charge in [-0.1, -0.05) is 12.2 Å². The molecule has 1 aliphatic carbocycles. The molecule has 0 aromatic rings. The Morgan fingerprint density at radius 2 is 1.58 bits per heavy atom. The van der Waals surface area contributed by atoms with Gasteiger partial charge in [0.25, 0.3) is 0 Å². The summed E-state index contributed by atoms with van der Waals surface area (Å²) in [6.07, 6.45) is 5.48. The van der Waals surface area contributed by atoms with Crippen molar-refractivity contribution in [3.05, 3.63) is 12.2 Å². The fourth-order valence-electron chi connectivity index (χ4n) is 2.78. The monoisotopic (exact) mass is 267 g/mol. The zero-order valence-electron chi connectivity index (χ0n) is 10.5. The molecule has 19 heavy (non-hydrogen) atoms. The summed E-state index contributed by atoms with van der Waals surface area (Å²) in [4.78, 5) is 35.9. The van der Waals surface area contributed by atoms with E-state index in [1.165, 1.54) is 4.90 Å². The van der Waals surface area contributed by atoms with Crippen LogP contribution in [0.1, 0.15) is 19.3 Å². The standard InChI is InChI=1S/C13H17NO5/c15-11(8-3-1-2-4-8)14-6-5-9(12(16)17)10(7-14)13(18)19/h1-2,8-10H,3-7H2,(H,16,17)(H,18,19). The Morgan fingerprint density at radius 1 is 1.00 bits per heavy atom. The first-order chi connectivity index (χ1) is 9.00. The minimum absolute atomic E-state index is 0.00162. The lowest BCUT2D eigenvalue weighted by Crippen LogP contribution is -2.50. The second kappa shape index (κ2) is 5.42. The molecule has 0 aromatic heterocycles. The maximum absolute atomic E-state index is 12.2. The molecule has 6 nitrogen and oxygen atoms in total. The Labute approximate surface area is 110 Å². The molecule has 2 N–H and O–H groups in total. The smallest absolute Gasteiger partial charge is 0.309 e. The number of allylic oxidation sites excluding steroid dienone is 2. The third-order valence-electron chi connectivity index (χ3n) is 3.92. The van der Waals surface area contributed by atoms with E-state index in [9.17, 15) is 14.4 Å². The molecule has 1 heterocycles. The van der Waals surface area contributed by atoms with E-state index in [4.69, 9.17) is 10.2 Å². The van der Waals surface area contributed by atoms with Gasteiger partial charge in [-0.25, -0.2) is 0 Å². The van der Waals surface area contributed by atoms with Crippen molar-refractivity contribution >= 4 is 17.8 Å². The lowest BCUT2D eigenvalue weighted by molar-refractivity contribution is -0.159. The van der Waals surface area contributed by atoms with Gasteiger partial charge in [0.15, 0.2) is 0 Å². The van der Waals surface area contributed by atoms with E-state index in [0.29, 0.717) is 19.4 Å². The van der Waals surface area contributed by atoms with Gasteiger partial charge in [0.1, 0.15) is 0 Å². The van der Waals surface area contributed by atoms with Crippen molar-refractivity contribution in [2.24, 2.45) is 17.8 Å². The Bertz CT molecular complexity index is 423. The van der Waals surface area contributed by atoms with Gasteiger partial charge in [-0.15, -0.1) is 0 Å². The van der Waals surface area contributed by atoms with Crippen LogP contribution in [-0.2, 0) is 14.4 Å². The number of rotatable bonds is 3. The van der Waals surface area contributed by atoms with Crippen LogP contribution in [0.3, 0.4) is 0 Å². The lowest BCUT2D eigenvalue weighted by Gasteiger charge is -2.35. The van der Waals surface area contributed by atoms with Crippen LogP contribution in [0.5, 0.6) is 0 Å². The van der Waals surface area contributed by atoms with Crippen LogP contribution in [0.25, 0.3) is 0 Å². The first-order valence-corrected chi connectivity index (χ1v) is 6.40. The number of carbonyl (C=O) groups is 3. The van der Waals surface area contributed by atoms with Crippen LogP contribution < -0.4 is 0 Å². The normalized spacial score (nSPS) is 27.5. The summed E-state index contributed by atoms with van der Waals surface area (Å²) < 4.78 is 0. The number of hydrogen-bond donors (Lipinski definition) is 2. The third-order valence-corrected chi connectivity index (χ3v) is 3.92. The van der Waals surface area contributed by atoms with Gasteiger partial charge in [0, 0.05) is 19.0 Å². The molecule has 0 spiro atoms. The average Bonchev–Trinajstić information content (AvgIpc) is 2.90. The van der Waals surface area contributed by atoms with Crippen LogP contribution in [0.15, 0.2) is 12.2 Å². The molecule has 2 unspecified atom stereocenters. The second-order valence-corrected chi connectivity index (χ2v) is 5.10. The van der Waals surface area contributed by atoms with Crippen LogP contribution >= 0.6 is 0 Å². The Hall–Kier alpha value is -1.85. The molecule has 0 aromatic carbocycles. The van der Waals surface area contributed by atoms with Crippen LogP contribution in [0.4, 0.5) is 0 Å². The number of amides is 1. The SMILES string of the molecule is O=C(O)C1CCN(C(=O)C2CC=CC2)CC1C(=O)O. The quantitative estimate of drug-likeness (QED) is 0.730. The van der Waals surface area contributed by atoms with E-state index in [0.717, 1.165) is 0 Å². The average molecular weight is 267 g/mol. The highest BCUT2D eigenvalue weighted by atomic mass is 16.4. The largest absolute Gasteiger partial charge is 0.481 e. The number of carbonyl (C=O) groups excluding carboxylic acids is 1. The molecule has 6 heteroatoms. The van der Waals surface area contributed by atoms with Crippen molar-refractivity contribution in [3.63, 3.8) is 0 Å². The summed E-state index contributed by atoms with van der Waals surface area (Å²) in [5.41, 5.74) is 0. The highest BCUT2D eigenvalue weighted by molar-refractivity contribution is 5.83. The summed E-state index contributed by atoms with van der Waals surface area (Å²) in [5.74, 6) is -4.31. The summed E-state index contributed by atoms with van der Waals surface area (Å²) in [6.45, 7) is 0.331. The zero-order valence-corrected chi connectivity index (χ0v) is 10.5. The van der Waals surface area contributed by atoms with Crippen LogP contribution in [-0.4, -0.2) is 46.0 Å². The van der Waals surface area contributed by atoms with Crippen LogP contribution in [0.2, 0.25) is 0 Å². The Morgan fingerprint density at radius 3 is 2.11 bits per heavy atom. The summed E-state index contributed by atoms with van der Waals surface area (Å²) in [7, 11) is 0. The number of carboxylic acid groups (broad SMARTS) is 2. The molecule has 104 valence electrons. The highest BCUT2D eigenvalue weighted by Crippen LogP contribution is 2.28. The molecule has 0 saturated carbocycles. The molecule has 2 rings (SSSR count). The van der Waals surface area contributed by atoms with E-state index in [-0.39, 0.29) is 24.8 Å². The number of piperidine rings is 1. The van der Waals surface area contributed by atoms with Gasteiger partial charge < -0.3 is 15.1 Å². The molecule has 0 radical (unpaired) electrons. The number of hydrogen-bond acceptors (Lipinski definition) is 3. The van der Waals surface area contributed by atoms with Gasteiger partial charge in [-0.2, -0.15) is 0 Å². The van der Waals surface area contributed by atoms with Crippen molar-refractivity contribution < 1.29 is 24.6 Å². The van der Waals surface area contributed by atoms with E-state index in [2.05, 4.69) is 0 Å².